The van der Waals surface area contributed by atoms with Gasteiger partial charge in [0, 0.05) is 17.1 Å². The van der Waals surface area contributed by atoms with E-state index in [0.717, 1.165) is 52.4 Å². The van der Waals surface area contributed by atoms with Crippen LogP contribution in [0.1, 0.15) is 61.3 Å². The molecule has 6 heteroatoms. The zero-order valence-corrected chi connectivity index (χ0v) is 21.7. The van der Waals surface area contributed by atoms with Crippen LogP contribution in [0.4, 0.5) is 0 Å². The van der Waals surface area contributed by atoms with Crippen molar-refractivity contribution >= 4 is 27.7 Å². The Hall–Kier alpha value is -2.34. The second-order valence-electron chi connectivity index (χ2n) is 9.16. The summed E-state index contributed by atoms with van der Waals surface area (Å²) in [4.78, 5) is 28.0. The summed E-state index contributed by atoms with van der Waals surface area (Å²) in [5.41, 5.74) is 4.21. The first kappa shape index (κ1) is 25.3. The van der Waals surface area contributed by atoms with E-state index in [9.17, 15) is 9.59 Å². The number of benzene rings is 2. The van der Waals surface area contributed by atoms with Crippen molar-refractivity contribution in [3.63, 3.8) is 0 Å². The first-order valence-electron chi connectivity index (χ1n) is 11.8. The van der Waals surface area contributed by atoms with Gasteiger partial charge in [-0.15, -0.1) is 0 Å². The molecule has 0 radical (unpaired) electrons. The summed E-state index contributed by atoms with van der Waals surface area (Å²) in [7, 11) is 0. The van der Waals surface area contributed by atoms with Crippen molar-refractivity contribution in [1.82, 2.24) is 10.2 Å². The molecule has 1 atom stereocenters. The second kappa shape index (κ2) is 11.7. The highest BCUT2D eigenvalue weighted by Gasteiger charge is 2.28. The van der Waals surface area contributed by atoms with Gasteiger partial charge in [0.15, 0.2) is 6.61 Å². The summed E-state index contributed by atoms with van der Waals surface area (Å²) in [6.07, 6.45) is 5.53. The van der Waals surface area contributed by atoms with Crippen LogP contribution < -0.4 is 10.1 Å². The van der Waals surface area contributed by atoms with Crippen LogP contribution in [0.25, 0.3) is 0 Å². The zero-order chi connectivity index (χ0) is 24.0. The third-order valence-corrected chi connectivity index (χ3v) is 7.03. The Balaban J connectivity index is 1.74. The van der Waals surface area contributed by atoms with Crippen molar-refractivity contribution in [3.8, 4) is 5.75 Å². The van der Waals surface area contributed by atoms with Gasteiger partial charge in [-0.25, -0.2) is 0 Å². The largest absolute Gasteiger partial charge is 0.483 e. The molecule has 0 heterocycles. The maximum atomic E-state index is 13.3. The molecule has 5 nitrogen and oxygen atoms in total. The number of halogens is 1. The number of rotatable bonds is 8. The topological polar surface area (TPSA) is 58.6 Å². The van der Waals surface area contributed by atoms with Crippen LogP contribution >= 0.6 is 15.9 Å². The molecule has 2 aromatic carbocycles. The molecule has 1 N–H and O–H groups in total. The monoisotopic (exact) mass is 514 g/mol. The number of nitrogens with one attached hydrogen (secondary N) is 1. The first-order valence-corrected chi connectivity index (χ1v) is 12.6. The van der Waals surface area contributed by atoms with Gasteiger partial charge in [0.2, 0.25) is 5.91 Å². The lowest BCUT2D eigenvalue weighted by molar-refractivity contribution is -0.142. The number of hydrogen-bond donors (Lipinski definition) is 1. The fourth-order valence-corrected chi connectivity index (χ4v) is 4.58. The van der Waals surface area contributed by atoms with Crippen molar-refractivity contribution in [1.29, 1.82) is 0 Å². The smallest absolute Gasteiger partial charge is 0.261 e. The van der Waals surface area contributed by atoms with E-state index in [1.807, 2.05) is 51.1 Å². The van der Waals surface area contributed by atoms with Crippen LogP contribution in [0.15, 0.2) is 40.9 Å². The van der Waals surface area contributed by atoms with E-state index >= 15 is 0 Å². The number of carbonyl (C=O) groups excluding carboxylic acids is 2. The minimum atomic E-state index is -0.591. The van der Waals surface area contributed by atoms with Gasteiger partial charge in [0.05, 0.1) is 0 Å². The number of amides is 2. The SMILES string of the molecule is Cc1cc(C)c(C)c(OCC(=O)N(Cc2ccc(Br)cc2)C(C)C(=O)NC2CCCCC2)c1. The lowest BCUT2D eigenvalue weighted by atomic mass is 9.95. The predicted molar refractivity (Wildman–Crippen MR) is 135 cm³/mol. The molecule has 0 aliphatic heterocycles. The van der Waals surface area contributed by atoms with Gasteiger partial charge < -0.3 is 15.0 Å². The Morgan fingerprint density at radius 2 is 1.76 bits per heavy atom. The fraction of sp³-hybridized carbons (Fsp3) is 0.481. The molecule has 1 aliphatic rings. The highest BCUT2D eigenvalue weighted by atomic mass is 79.9. The summed E-state index contributed by atoms with van der Waals surface area (Å²) in [6.45, 7) is 8.08. The van der Waals surface area contributed by atoms with Gasteiger partial charge in [0.25, 0.3) is 5.91 Å². The van der Waals surface area contributed by atoms with E-state index in [1.165, 1.54) is 6.42 Å². The molecule has 2 amide bonds. The van der Waals surface area contributed by atoms with Crippen molar-refractivity contribution in [2.75, 3.05) is 6.61 Å². The third kappa shape index (κ3) is 7.07. The van der Waals surface area contributed by atoms with E-state index in [1.54, 1.807) is 11.8 Å². The van der Waals surface area contributed by atoms with Gasteiger partial charge in [-0.1, -0.05) is 53.4 Å². The molecule has 1 unspecified atom stereocenters. The van der Waals surface area contributed by atoms with Crippen LogP contribution in [-0.4, -0.2) is 35.4 Å². The van der Waals surface area contributed by atoms with E-state index in [-0.39, 0.29) is 24.5 Å². The van der Waals surface area contributed by atoms with E-state index < -0.39 is 6.04 Å². The Labute approximate surface area is 206 Å². The van der Waals surface area contributed by atoms with E-state index in [2.05, 4.69) is 27.3 Å². The molecule has 0 saturated heterocycles. The van der Waals surface area contributed by atoms with E-state index in [4.69, 9.17) is 4.74 Å². The number of carbonyl (C=O) groups is 2. The van der Waals surface area contributed by atoms with Gasteiger partial charge in [-0.2, -0.15) is 0 Å². The maximum Gasteiger partial charge on any atom is 0.261 e. The van der Waals surface area contributed by atoms with Crippen molar-refractivity contribution in [2.24, 2.45) is 0 Å². The Kier molecular flexibility index (Phi) is 8.95. The Morgan fingerprint density at radius 1 is 1.09 bits per heavy atom. The molecular weight excluding hydrogens is 480 g/mol. The number of aryl methyl sites for hydroxylation is 2. The number of nitrogens with zero attached hydrogens (tertiary/aromatic N) is 1. The molecule has 0 spiro atoms. The summed E-state index contributed by atoms with van der Waals surface area (Å²) in [5, 5.41) is 3.17. The van der Waals surface area contributed by atoms with Crippen molar-refractivity contribution in [2.45, 2.75) is 78.4 Å². The lowest BCUT2D eigenvalue weighted by Gasteiger charge is -2.31. The normalized spacial score (nSPS) is 15.1. The summed E-state index contributed by atoms with van der Waals surface area (Å²) in [6, 6.07) is 11.5. The molecule has 178 valence electrons. The standard InChI is InChI=1S/C27H35BrN2O3/c1-18-14-19(2)20(3)25(15-18)33-17-26(31)30(16-22-10-12-23(28)13-11-22)21(4)27(32)29-24-8-6-5-7-9-24/h10-15,21,24H,5-9,16-17H2,1-4H3,(H,29,32). The summed E-state index contributed by atoms with van der Waals surface area (Å²) >= 11 is 3.45. The summed E-state index contributed by atoms with van der Waals surface area (Å²) in [5.74, 6) is 0.404. The van der Waals surface area contributed by atoms with Crippen molar-refractivity contribution < 1.29 is 14.3 Å². The predicted octanol–water partition coefficient (Wildman–Crippen LogP) is 5.62. The average Bonchev–Trinajstić information content (AvgIpc) is 2.80. The first-order chi connectivity index (χ1) is 15.7. The molecule has 0 bridgehead atoms. The van der Waals surface area contributed by atoms with Gasteiger partial charge in [-0.3, -0.25) is 9.59 Å². The molecule has 0 aromatic heterocycles. The fourth-order valence-electron chi connectivity index (χ4n) is 4.31. The molecule has 1 saturated carbocycles. The molecule has 33 heavy (non-hydrogen) atoms. The van der Waals surface area contributed by atoms with Crippen LogP contribution in [-0.2, 0) is 16.1 Å². The van der Waals surface area contributed by atoms with Gasteiger partial charge in [-0.05, 0) is 81.0 Å². The summed E-state index contributed by atoms with van der Waals surface area (Å²) < 4.78 is 6.92. The van der Waals surface area contributed by atoms with Gasteiger partial charge >= 0.3 is 0 Å². The van der Waals surface area contributed by atoms with Crippen LogP contribution in [0.2, 0.25) is 0 Å². The molecule has 1 aliphatic carbocycles. The van der Waals surface area contributed by atoms with E-state index in [0.29, 0.717) is 12.3 Å². The van der Waals surface area contributed by atoms with Gasteiger partial charge in [0.1, 0.15) is 11.8 Å². The molecule has 3 rings (SSSR count). The van der Waals surface area contributed by atoms with Crippen molar-refractivity contribution in [3.05, 3.63) is 63.1 Å². The molecule has 2 aromatic rings. The minimum absolute atomic E-state index is 0.102. The highest BCUT2D eigenvalue weighted by Crippen LogP contribution is 2.24. The lowest BCUT2D eigenvalue weighted by Crippen LogP contribution is -2.51. The maximum absolute atomic E-state index is 13.3. The van der Waals surface area contributed by atoms with Crippen LogP contribution in [0.3, 0.4) is 0 Å². The average molecular weight is 515 g/mol. The highest BCUT2D eigenvalue weighted by molar-refractivity contribution is 9.10. The minimum Gasteiger partial charge on any atom is -0.483 e. The molecular formula is C27H35BrN2O3. The number of ether oxygens (including phenoxy) is 1. The van der Waals surface area contributed by atoms with Crippen LogP contribution in [0, 0.1) is 20.8 Å². The number of hydrogen-bond acceptors (Lipinski definition) is 3. The Bertz CT molecular complexity index is 968. The Morgan fingerprint density at radius 3 is 2.42 bits per heavy atom. The zero-order valence-electron chi connectivity index (χ0n) is 20.1. The second-order valence-corrected chi connectivity index (χ2v) is 10.1. The molecule has 1 fully saturated rings. The quantitative estimate of drug-likeness (QED) is 0.497. The van der Waals surface area contributed by atoms with Crippen LogP contribution in [0.5, 0.6) is 5.75 Å². The third-order valence-electron chi connectivity index (χ3n) is 6.50.